The van der Waals surface area contributed by atoms with E-state index in [1.165, 1.54) is 0 Å². The van der Waals surface area contributed by atoms with Gasteiger partial charge in [-0.2, -0.15) is 4.98 Å². The van der Waals surface area contributed by atoms with E-state index >= 15 is 0 Å². The fourth-order valence-corrected chi connectivity index (χ4v) is 3.59. The molecule has 4 rings (SSSR count). The summed E-state index contributed by atoms with van der Waals surface area (Å²) >= 11 is 0. The van der Waals surface area contributed by atoms with Crippen molar-refractivity contribution in [3.63, 3.8) is 0 Å². The average molecular weight is 463 g/mol. The summed E-state index contributed by atoms with van der Waals surface area (Å²) < 4.78 is 16.2. The van der Waals surface area contributed by atoms with Gasteiger partial charge >= 0.3 is 5.97 Å². The van der Waals surface area contributed by atoms with E-state index in [1.807, 2.05) is 36.4 Å². The highest BCUT2D eigenvalue weighted by Crippen LogP contribution is 2.31. The normalized spacial score (nSPS) is 15.3. The Bertz CT molecular complexity index is 1170. The summed E-state index contributed by atoms with van der Waals surface area (Å²) in [6.07, 6.45) is 5.28. The minimum absolute atomic E-state index is 0.133. The van der Waals surface area contributed by atoms with Gasteiger partial charge in [0.05, 0.1) is 26.9 Å². The van der Waals surface area contributed by atoms with Crippen LogP contribution in [0.5, 0.6) is 11.5 Å². The molecule has 0 amide bonds. The first kappa shape index (κ1) is 23.1. The smallest absolute Gasteiger partial charge is 0.328 e. The third-order valence-corrected chi connectivity index (χ3v) is 5.28. The molecule has 2 heterocycles. The van der Waals surface area contributed by atoms with Crippen LogP contribution in [-0.4, -0.2) is 54.5 Å². The molecule has 1 aromatic heterocycles. The van der Waals surface area contributed by atoms with Crippen molar-refractivity contribution >= 4 is 29.5 Å². The van der Waals surface area contributed by atoms with Gasteiger partial charge in [0.1, 0.15) is 17.3 Å². The van der Waals surface area contributed by atoms with Gasteiger partial charge in [0.2, 0.25) is 5.95 Å². The van der Waals surface area contributed by atoms with Crippen molar-refractivity contribution in [1.82, 2.24) is 9.97 Å². The maximum absolute atomic E-state index is 10.9. The van der Waals surface area contributed by atoms with E-state index in [2.05, 4.69) is 15.6 Å². The highest BCUT2D eigenvalue weighted by molar-refractivity contribution is 5.86. The summed E-state index contributed by atoms with van der Waals surface area (Å²) in [5.41, 5.74) is 3.15. The molecule has 1 saturated heterocycles. The molecule has 176 valence electrons. The molecule has 0 radical (unpaired) electrons. The number of rotatable bonds is 9. The van der Waals surface area contributed by atoms with Crippen LogP contribution in [0.1, 0.15) is 12.0 Å². The van der Waals surface area contributed by atoms with Crippen LogP contribution in [-0.2, 0) is 9.53 Å². The van der Waals surface area contributed by atoms with Crippen molar-refractivity contribution < 1.29 is 24.1 Å². The van der Waals surface area contributed by atoms with Crippen LogP contribution < -0.4 is 20.1 Å². The number of ether oxygens (including phenoxy) is 3. The summed E-state index contributed by atoms with van der Waals surface area (Å²) in [6.45, 7) is 1.29. The topological polar surface area (TPSA) is 115 Å². The summed E-state index contributed by atoms with van der Waals surface area (Å²) in [5, 5.41) is 15.6. The lowest BCUT2D eigenvalue weighted by atomic mass is 10.0. The number of aliphatic carboxylic acids is 1. The Morgan fingerprint density at radius 1 is 1.18 bits per heavy atom. The Balaban J connectivity index is 1.68. The third kappa shape index (κ3) is 5.81. The van der Waals surface area contributed by atoms with Crippen LogP contribution in [0, 0.1) is 0 Å². The molecule has 9 nitrogen and oxygen atoms in total. The molecule has 0 saturated carbocycles. The molecule has 3 aromatic rings. The molecular formula is C25H26N4O5. The molecule has 34 heavy (non-hydrogen) atoms. The van der Waals surface area contributed by atoms with Crippen molar-refractivity contribution in [1.29, 1.82) is 0 Å². The maximum Gasteiger partial charge on any atom is 0.328 e. The second-order valence-electron chi connectivity index (χ2n) is 7.68. The molecule has 3 N–H and O–H groups in total. The van der Waals surface area contributed by atoms with E-state index in [0.717, 1.165) is 34.9 Å². The first-order valence-electron chi connectivity index (χ1n) is 10.8. The van der Waals surface area contributed by atoms with Gasteiger partial charge in [0.15, 0.2) is 0 Å². The number of carboxylic acids is 1. The molecule has 0 bridgehead atoms. The quantitative estimate of drug-likeness (QED) is 0.402. The van der Waals surface area contributed by atoms with Gasteiger partial charge in [-0.3, -0.25) is 0 Å². The van der Waals surface area contributed by atoms with Crippen molar-refractivity contribution in [2.75, 3.05) is 38.1 Å². The van der Waals surface area contributed by atoms with Crippen LogP contribution in [0.15, 0.2) is 54.7 Å². The second kappa shape index (κ2) is 10.7. The van der Waals surface area contributed by atoms with Crippen LogP contribution in [0.2, 0.25) is 0 Å². The van der Waals surface area contributed by atoms with Gasteiger partial charge < -0.3 is 30.0 Å². The Morgan fingerprint density at radius 3 is 2.65 bits per heavy atom. The molecule has 1 atom stereocenters. The number of nitrogens with one attached hydrogen (secondary N) is 2. The van der Waals surface area contributed by atoms with E-state index in [0.29, 0.717) is 36.5 Å². The molecule has 2 aromatic carbocycles. The number of methoxy groups -OCH3 is 2. The summed E-state index contributed by atoms with van der Waals surface area (Å²) in [7, 11) is 3.19. The molecular weight excluding hydrogens is 436 g/mol. The van der Waals surface area contributed by atoms with E-state index in [9.17, 15) is 4.79 Å². The predicted molar refractivity (Wildman–Crippen MR) is 130 cm³/mol. The monoisotopic (exact) mass is 462 g/mol. The van der Waals surface area contributed by atoms with Crippen LogP contribution in [0.4, 0.5) is 17.5 Å². The Hall–Kier alpha value is -4.11. The third-order valence-electron chi connectivity index (χ3n) is 5.28. The summed E-state index contributed by atoms with van der Waals surface area (Å²) in [5.74, 6) is 1.35. The Morgan fingerprint density at radius 2 is 1.97 bits per heavy atom. The van der Waals surface area contributed by atoms with Crippen LogP contribution in [0.25, 0.3) is 17.2 Å². The molecule has 1 fully saturated rings. The second-order valence-corrected chi connectivity index (χ2v) is 7.68. The Labute approximate surface area is 197 Å². The van der Waals surface area contributed by atoms with Gasteiger partial charge in [-0.15, -0.1) is 0 Å². The number of anilines is 3. The number of carbonyl (C=O) groups is 1. The summed E-state index contributed by atoms with van der Waals surface area (Å²) in [6, 6.07) is 13.1. The average Bonchev–Trinajstić information content (AvgIpc) is 3.36. The fourth-order valence-electron chi connectivity index (χ4n) is 3.59. The molecule has 1 aliphatic rings. The van der Waals surface area contributed by atoms with E-state index < -0.39 is 5.97 Å². The lowest BCUT2D eigenvalue weighted by molar-refractivity contribution is -0.131. The first-order valence-corrected chi connectivity index (χ1v) is 10.8. The fraction of sp³-hybridized carbons (Fsp3) is 0.240. The lowest BCUT2D eigenvalue weighted by Crippen LogP contribution is -2.20. The Kier molecular flexibility index (Phi) is 7.24. The number of hydrogen-bond acceptors (Lipinski definition) is 8. The standard InChI is InChI=1S/C25H26N4O5/c1-32-20-11-19(12-21(13-20)33-2)28-25-26-14-22(24(29-25)27-18-8-9-34-15-18)17-5-3-4-16(10-17)6-7-23(30)31/h3-7,10-14,18H,8-9,15H2,1-2H3,(H,30,31)(H2,26,27,28,29). The molecule has 1 aliphatic heterocycles. The van der Waals surface area contributed by atoms with E-state index in [-0.39, 0.29) is 6.04 Å². The number of carboxylic acid groups (broad SMARTS) is 1. The van der Waals surface area contributed by atoms with Crippen molar-refractivity contribution in [3.05, 3.63) is 60.3 Å². The van der Waals surface area contributed by atoms with Gasteiger partial charge in [-0.05, 0) is 29.7 Å². The summed E-state index contributed by atoms with van der Waals surface area (Å²) in [4.78, 5) is 20.1. The van der Waals surface area contributed by atoms with Gasteiger partial charge in [-0.25, -0.2) is 9.78 Å². The zero-order valence-corrected chi connectivity index (χ0v) is 18.9. The van der Waals surface area contributed by atoms with Gasteiger partial charge in [-0.1, -0.05) is 18.2 Å². The maximum atomic E-state index is 10.9. The number of aromatic nitrogens is 2. The van der Waals surface area contributed by atoms with Crippen LogP contribution in [0.3, 0.4) is 0 Å². The minimum Gasteiger partial charge on any atom is -0.497 e. The zero-order chi connectivity index (χ0) is 23.9. The molecule has 9 heteroatoms. The number of nitrogens with zero attached hydrogens (tertiary/aromatic N) is 2. The van der Waals surface area contributed by atoms with Crippen molar-refractivity contribution in [2.45, 2.75) is 12.5 Å². The predicted octanol–water partition coefficient (Wildman–Crippen LogP) is 4.20. The van der Waals surface area contributed by atoms with E-state index in [4.69, 9.17) is 24.3 Å². The largest absolute Gasteiger partial charge is 0.497 e. The number of benzene rings is 2. The van der Waals surface area contributed by atoms with Crippen LogP contribution >= 0.6 is 0 Å². The highest BCUT2D eigenvalue weighted by atomic mass is 16.5. The SMILES string of the molecule is COc1cc(Nc2ncc(-c3cccc(C=CC(=O)O)c3)c(NC3CCOC3)n2)cc(OC)c1. The van der Waals surface area contributed by atoms with Crippen molar-refractivity contribution in [2.24, 2.45) is 0 Å². The van der Waals surface area contributed by atoms with Gasteiger partial charge in [0.25, 0.3) is 0 Å². The zero-order valence-electron chi connectivity index (χ0n) is 18.9. The minimum atomic E-state index is -0.998. The molecule has 1 unspecified atom stereocenters. The van der Waals surface area contributed by atoms with Crippen molar-refractivity contribution in [3.8, 4) is 22.6 Å². The molecule has 0 aliphatic carbocycles. The van der Waals surface area contributed by atoms with E-state index in [1.54, 1.807) is 32.6 Å². The van der Waals surface area contributed by atoms with Gasteiger partial charge in [0, 0.05) is 48.3 Å². The number of hydrogen-bond donors (Lipinski definition) is 3. The first-order chi connectivity index (χ1) is 16.5. The molecule has 0 spiro atoms. The lowest BCUT2D eigenvalue weighted by Gasteiger charge is -2.17. The highest BCUT2D eigenvalue weighted by Gasteiger charge is 2.19.